The van der Waals surface area contributed by atoms with Crippen LogP contribution in [0.5, 0.6) is 0 Å². The largest absolute Gasteiger partial charge is 0.290 e. The van der Waals surface area contributed by atoms with Gasteiger partial charge in [0.2, 0.25) is 0 Å². The van der Waals surface area contributed by atoms with Crippen LogP contribution in [0, 0.1) is 0 Å². The fourth-order valence-electron chi connectivity index (χ4n) is 1.99. The number of carbonyl (C=O) groups is 2. The fraction of sp³-hybridized carbons (Fsp3) is 0.167. The van der Waals surface area contributed by atoms with E-state index in [2.05, 4.69) is 11.4 Å². The summed E-state index contributed by atoms with van der Waals surface area (Å²) >= 11 is 2.81. The molecule has 2 heterocycles. The van der Waals surface area contributed by atoms with E-state index in [0.717, 1.165) is 35.1 Å². The van der Waals surface area contributed by atoms with Crippen LogP contribution < -0.4 is 5.32 Å². The topological polar surface area (TPSA) is 46.2 Å². The third-order valence-corrected chi connectivity index (χ3v) is 4.71. The number of benzene rings is 1. The lowest BCUT2D eigenvalue weighted by Gasteiger charge is -2.19. The van der Waals surface area contributed by atoms with Crippen molar-refractivity contribution in [2.24, 2.45) is 0 Å². The molecule has 2 aliphatic rings. The highest BCUT2D eigenvalue weighted by atomic mass is 32.2. The Kier molecular flexibility index (Phi) is 2.72. The Hall–Kier alpha value is -1.20. The van der Waals surface area contributed by atoms with Gasteiger partial charge < -0.3 is 0 Å². The molecule has 5 heteroatoms. The van der Waals surface area contributed by atoms with Crippen LogP contribution in [-0.2, 0) is 4.79 Å². The maximum atomic E-state index is 11.7. The van der Waals surface area contributed by atoms with E-state index in [1.165, 1.54) is 4.90 Å². The summed E-state index contributed by atoms with van der Waals surface area (Å²) < 4.78 is 0. The lowest BCUT2D eigenvalue weighted by molar-refractivity contribution is -0.115. The van der Waals surface area contributed by atoms with Gasteiger partial charge >= 0.3 is 0 Å². The van der Waals surface area contributed by atoms with Gasteiger partial charge in [-0.15, -0.1) is 11.8 Å². The molecule has 1 saturated heterocycles. The van der Waals surface area contributed by atoms with Gasteiger partial charge in [0.1, 0.15) is 0 Å². The van der Waals surface area contributed by atoms with Gasteiger partial charge in [-0.2, -0.15) is 0 Å². The second-order valence-corrected chi connectivity index (χ2v) is 5.87. The Labute approximate surface area is 107 Å². The Morgan fingerprint density at radius 2 is 2.00 bits per heavy atom. The highest BCUT2D eigenvalue weighted by Gasteiger charge is 2.30. The Morgan fingerprint density at radius 1 is 1.18 bits per heavy atom. The van der Waals surface area contributed by atoms with Gasteiger partial charge in [0, 0.05) is 10.6 Å². The molecule has 3 nitrogen and oxygen atoms in total. The maximum Gasteiger partial charge on any atom is 0.290 e. The number of nitrogens with one attached hydrogen (secondary N) is 1. The van der Waals surface area contributed by atoms with E-state index in [-0.39, 0.29) is 11.1 Å². The van der Waals surface area contributed by atoms with Gasteiger partial charge in [0.05, 0.1) is 4.91 Å². The molecule has 1 aromatic rings. The van der Waals surface area contributed by atoms with Crippen LogP contribution in [0.4, 0.5) is 4.79 Å². The van der Waals surface area contributed by atoms with Crippen LogP contribution in [0.1, 0.15) is 12.0 Å². The number of rotatable bonds is 0. The summed E-state index contributed by atoms with van der Waals surface area (Å²) in [6, 6.07) is 8.02. The van der Waals surface area contributed by atoms with E-state index in [1.807, 2.05) is 18.2 Å². The van der Waals surface area contributed by atoms with Crippen LogP contribution in [0.15, 0.2) is 34.1 Å². The van der Waals surface area contributed by atoms with Crippen molar-refractivity contribution in [1.82, 2.24) is 5.32 Å². The zero-order valence-corrected chi connectivity index (χ0v) is 10.5. The van der Waals surface area contributed by atoms with Crippen molar-refractivity contribution in [3.63, 3.8) is 0 Å². The minimum Gasteiger partial charge on any atom is -0.282 e. The van der Waals surface area contributed by atoms with Crippen LogP contribution in [0.2, 0.25) is 0 Å². The molecule has 0 aromatic heterocycles. The molecular formula is C12H9NO2S2. The minimum absolute atomic E-state index is 0.253. The van der Waals surface area contributed by atoms with Crippen LogP contribution in [0.25, 0.3) is 5.57 Å². The summed E-state index contributed by atoms with van der Waals surface area (Å²) in [6.45, 7) is 0. The Bertz CT molecular complexity index is 551. The van der Waals surface area contributed by atoms with E-state index in [9.17, 15) is 9.59 Å². The van der Waals surface area contributed by atoms with E-state index in [1.54, 1.807) is 11.8 Å². The van der Waals surface area contributed by atoms with Crippen molar-refractivity contribution < 1.29 is 9.59 Å². The standard InChI is InChI=1S/C12H9NO2S2/c14-11-10(17-12(15)13-11)8-5-6-16-9-4-2-1-3-7(8)9/h1-4H,5-6H2,(H,13,14,15)/b10-8-. The molecule has 2 amide bonds. The number of hydrogen-bond donors (Lipinski definition) is 1. The quantitative estimate of drug-likeness (QED) is 0.731. The molecule has 0 spiro atoms. The highest BCUT2D eigenvalue weighted by Crippen LogP contribution is 2.42. The van der Waals surface area contributed by atoms with Gasteiger partial charge in [0.25, 0.3) is 11.1 Å². The van der Waals surface area contributed by atoms with Gasteiger partial charge in [-0.25, -0.2) is 0 Å². The number of hydrogen-bond acceptors (Lipinski definition) is 4. The lowest BCUT2D eigenvalue weighted by atomic mass is 10.0. The van der Waals surface area contributed by atoms with Crippen molar-refractivity contribution in [2.45, 2.75) is 11.3 Å². The number of amides is 2. The normalized spacial score (nSPS) is 23.5. The predicted molar refractivity (Wildman–Crippen MR) is 69.8 cm³/mol. The molecular weight excluding hydrogens is 254 g/mol. The molecule has 0 bridgehead atoms. The zero-order chi connectivity index (χ0) is 11.8. The first-order chi connectivity index (χ1) is 8.25. The third-order valence-electron chi connectivity index (χ3n) is 2.71. The van der Waals surface area contributed by atoms with Gasteiger partial charge in [-0.05, 0) is 35.4 Å². The summed E-state index contributed by atoms with van der Waals surface area (Å²) in [5.41, 5.74) is 2.10. The summed E-state index contributed by atoms with van der Waals surface area (Å²) in [5, 5.41) is 2.05. The summed E-state index contributed by atoms with van der Waals surface area (Å²) in [4.78, 5) is 24.6. The summed E-state index contributed by atoms with van der Waals surface area (Å²) in [6.07, 6.45) is 0.838. The van der Waals surface area contributed by atoms with Crippen molar-refractivity contribution in [3.05, 3.63) is 34.7 Å². The molecule has 1 aromatic carbocycles. The average Bonchev–Trinajstić information content (AvgIpc) is 2.68. The highest BCUT2D eigenvalue weighted by molar-refractivity contribution is 8.18. The first-order valence-corrected chi connectivity index (χ1v) is 7.04. The fourth-order valence-corrected chi connectivity index (χ4v) is 3.84. The first-order valence-electron chi connectivity index (χ1n) is 5.24. The molecule has 0 unspecified atom stereocenters. The number of thioether (sulfide) groups is 2. The van der Waals surface area contributed by atoms with Crippen LogP contribution in [-0.4, -0.2) is 16.9 Å². The number of allylic oxidation sites excluding steroid dienone is 1. The Balaban J connectivity index is 2.14. The molecule has 86 valence electrons. The number of fused-ring (bicyclic) bond motifs is 1. The smallest absolute Gasteiger partial charge is 0.282 e. The minimum atomic E-state index is -0.270. The molecule has 17 heavy (non-hydrogen) atoms. The van der Waals surface area contributed by atoms with Crippen molar-refractivity contribution in [1.29, 1.82) is 0 Å². The molecule has 3 rings (SSSR count). The molecule has 0 aliphatic carbocycles. The molecule has 2 aliphatic heterocycles. The van der Waals surface area contributed by atoms with E-state index >= 15 is 0 Å². The van der Waals surface area contributed by atoms with Gasteiger partial charge in [0.15, 0.2) is 0 Å². The first kappa shape index (κ1) is 10.9. The Morgan fingerprint density at radius 3 is 2.76 bits per heavy atom. The van der Waals surface area contributed by atoms with Gasteiger partial charge in [-0.3, -0.25) is 14.9 Å². The van der Waals surface area contributed by atoms with E-state index < -0.39 is 0 Å². The van der Waals surface area contributed by atoms with Crippen LogP contribution in [0.3, 0.4) is 0 Å². The number of carbonyl (C=O) groups excluding carboxylic acids is 2. The SMILES string of the molecule is O=C1NC(=O)/C(=C2\CCSc3ccccc32)S1. The maximum absolute atomic E-state index is 11.7. The van der Waals surface area contributed by atoms with E-state index in [4.69, 9.17) is 0 Å². The lowest BCUT2D eigenvalue weighted by Crippen LogP contribution is -2.18. The molecule has 1 N–H and O–H groups in total. The predicted octanol–water partition coefficient (Wildman–Crippen LogP) is 2.88. The second kappa shape index (κ2) is 4.23. The molecule has 0 atom stereocenters. The molecule has 0 radical (unpaired) electrons. The van der Waals surface area contributed by atoms with Crippen molar-refractivity contribution in [2.75, 3.05) is 5.75 Å². The van der Waals surface area contributed by atoms with Crippen LogP contribution >= 0.6 is 23.5 Å². The summed E-state index contributed by atoms with van der Waals surface area (Å²) in [7, 11) is 0. The number of imide groups is 1. The molecule has 1 fully saturated rings. The van der Waals surface area contributed by atoms with Gasteiger partial charge in [-0.1, -0.05) is 18.2 Å². The monoisotopic (exact) mass is 263 g/mol. The molecule has 0 saturated carbocycles. The van der Waals surface area contributed by atoms with Crippen molar-refractivity contribution >= 4 is 40.2 Å². The second-order valence-electron chi connectivity index (χ2n) is 3.75. The van der Waals surface area contributed by atoms with Crippen molar-refractivity contribution in [3.8, 4) is 0 Å². The average molecular weight is 263 g/mol. The zero-order valence-electron chi connectivity index (χ0n) is 8.86. The third kappa shape index (κ3) is 1.89. The van der Waals surface area contributed by atoms with E-state index in [0.29, 0.717) is 4.91 Å². The summed E-state index contributed by atoms with van der Waals surface area (Å²) in [5.74, 6) is 0.703.